The zero-order valence-electron chi connectivity index (χ0n) is 14.2. The first-order valence-electron chi connectivity index (χ1n) is 8.65. The van der Waals surface area contributed by atoms with E-state index in [0.717, 1.165) is 30.6 Å². The average molecular weight is 349 g/mol. The number of aromatic nitrogens is 2. The third-order valence-corrected chi connectivity index (χ3v) is 4.55. The summed E-state index contributed by atoms with van der Waals surface area (Å²) in [5.74, 6) is 0.368. The highest BCUT2D eigenvalue weighted by Crippen LogP contribution is 2.27. The van der Waals surface area contributed by atoms with Gasteiger partial charge in [-0.05, 0) is 30.5 Å². The second-order valence-corrected chi connectivity index (χ2v) is 6.25. The largest absolute Gasteiger partial charge is 0.376 e. The van der Waals surface area contributed by atoms with Gasteiger partial charge in [-0.1, -0.05) is 47.6 Å². The summed E-state index contributed by atoms with van der Waals surface area (Å²) >= 11 is 0. The van der Waals surface area contributed by atoms with E-state index in [4.69, 9.17) is 9.26 Å². The highest BCUT2D eigenvalue weighted by atomic mass is 16.5. The summed E-state index contributed by atoms with van der Waals surface area (Å²) in [4.78, 5) is 16.8. The summed E-state index contributed by atoms with van der Waals surface area (Å²) in [7, 11) is 0. The Morgan fingerprint density at radius 2 is 1.92 bits per heavy atom. The molecule has 2 aromatic carbocycles. The van der Waals surface area contributed by atoms with Crippen molar-refractivity contribution >= 4 is 5.91 Å². The monoisotopic (exact) mass is 349 g/mol. The molecule has 0 radical (unpaired) electrons. The maximum Gasteiger partial charge on any atom is 0.251 e. The summed E-state index contributed by atoms with van der Waals surface area (Å²) in [6.07, 6.45) is 3.24. The molecule has 0 spiro atoms. The molecule has 2 heterocycles. The van der Waals surface area contributed by atoms with E-state index >= 15 is 0 Å². The van der Waals surface area contributed by atoms with Crippen LogP contribution in [0.4, 0.5) is 0 Å². The molecule has 1 N–H and O–H groups in total. The van der Waals surface area contributed by atoms with Gasteiger partial charge in [-0.15, -0.1) is 0 Å². The predicted molar refractivity (Wildman–Crippen MR) is 95.4 cm³/mol. The fraction of sp³-hybridized carbons (Fsp3) is 0.250. The van der Waals surface area contributed by atoms with Crippen LogP contribution in [-0.2, 0) is 4.74 Å². The number of ether oxygens (including phenoxy) is 1. The molecule has 3 aromatic rings. The van der Waals surface area contributed by atoms with Gasteiger partial charge >= 0.3 is 0 Å². The van der Waals surface area contributed by atoms with Gasteiger partial charge in [0.2, 0.25) is 12.2 Å². The molecule has 0 saturated carbocycles. The summed E-state index contributed by atoms with van der Waals surface area (Å²) in [6.45, 7) is 0.739. The van der Waals surface area contributed by atoms with Crippen LogP contribution in [0.25, 0.3) is 11.4 Å². The smallest absolute Gasteiger partial charge is 0.251 e. The molecule has 0 bridgehead atoms. The van der Waals surface area contributed by atoms with Crippen LogP contribution >= 0.6 is 0 Å². The van der Waals surface area contributed by atoms with Gasteiger partial charge in [0, 0.05) is 17.7 Å². The molecule has 6 nitrogen and oxygen atoms in total. The minimum Gasteiger partial charge on any atom is -0.376 e. The van der Waals surface area contributed by atoms with Crippen LogP contribution in [0.2, 0.25) is 0 Å². The molecule has 1 aliphatic heterocycles. The maximum atomic E-state index is 12.8. The predicted octanol–water partition coefficient (Wildman–Crippen LogP) is 3.39. The number of nitrogens with zero attached hydrogens (tertiary/aromatic N) is 2. The molecule has 0 aliphatic carbocycles. The number of carbonyl (C=O) groups excluding carboxylic acids is 1. The average Bonchev–Trinajstić information content (AvgIpc) is 3.41. The Morgan fingerprint density at radius 1 is 1.12 bits per heavy atom. The molecular formula is C20H19N3O3. The molecule has 1 saturated heterocycles. The number of amides is 1. The van der Waals surface area contributed by atoms with Crippen molar-refractivity contribution in [3.63, 3.8) is 0 Å². The Morgan fingerprint density at radius 3 is 2.58 bits per heavy atom. The van der Waals surface area contributed by atoms with E-state index in [2.05, 4.69) is 15.5 Å². The Hall–Kier alpha value is -2.99. The molecule has 132 valence electrons. The Bertz CT molecular complexity index is 842. The van der Waals surface area contributed by atoms with Crippen LogP contribution in [0, 0.1) is 0 Å². The minimum absolute atomic E-state index is 0.0000430. The second kappa shape index (κ2) is 7.49. The quantitative estimate of drug-likeness (QED) is 0.764. The molecule has 1 fully saturated rings. The Balaban J connectivity index is 1.52. The first-order chi connectivity index (χ1) is 12.8. The van der Waals surface area contributed by atoms with Gasteiger partial charge in [0.25, 0.3) is 5.91 Å². The van der Waals surface area contributed by atoms with Gasteiger partial charge in [-0.3, -0.25) is 4.79 Å². The SMILES string of the molecule is O=C(N[C@H](c1ccccc1)[C@@H]1CCCO1)c1ccc(-c2ncon2)cc1. The normalized spacial score (nSPS) is 17.8. The third-order valence-electron chi connectivity index (χ3n) is 4.55. The lowest BCUT2D eigenvalue weighted by Crippen LogP contribution is -2.36. The van der Waals surface area contributed by atoms with E-state index in [1.54, 1.807) is 12.1 Å². The zero-order valence-corrected chi connectivity index (χ0v) is 14.2. The number of rotatable bonds is 5. The molecule has 4 rings (SSSR count). The van der Waals surface area contributed by atoms with Crippen LogP contribution < -0.4 is 5.32 Å². The second-order valence-electron chi connectivity index (χ2n) is 6.25. The summed E-state index contributed by atoms with van der Waals surface area (Å²) in [5, 5.41) is 6.93. The van der Waals surface area contributed by atoms with Crippen molar-refractivity contribution in [1.82, 2.24) is 15.5 Å². The summed E-state index contributed by atoms with van der Waals surface area (Å²) < 4.78 is 10.6. The summed E-state index contributed by atoms with van der Waals surface area (Å²) in [6, 6.07) is 16.9. The fourth-order valence-corrected chi connectivity index (χ4v) is 3.21. The van der Waals surface area contributed by atoms with Crippen molar-refractivity contribution < 1.29 is 14.1 Å². The molecular weight excluding hydrogens is 330 g/mol. The lowest BCUT2D eigenvalue weighted by molar-refractivity contribution is 0.0672. The Kier molecular flexibility index (Phi) is 4.75. The number of hydrogen-bond donors (Lipinski definition) is 1. The van der Waals surface area contributed by atoms with Gasteiger partial charge < -0.3 is 14.6 Å². The van der Waals surface area contributed by atoms with E-state index in [9.17, 15) is 4.79 Å². The lowest BCUT2D eigenvalue weighted by Gasteiger charge is -2.24. The van der Waals surface area contributed by atoms with Crippen LogP contribution in [0.15, 0.2) is 65.5 Å². The van der Waals surface area contributed by atoms with Crippen LogP contribution in [0.3, 0.4) is 0 Å². The third kappa shape index (κ3) is 3.50. The number of hydrogen-bond acceptors (Lipinski definition) is 5. The standard InChI is InChI=1S/C20H19N3O3/c24-20(16-10-8-15(9-11-16)19-21-13-26-23-19)22-18(17-7-4-12-25-17)14-5-2-1-3-6-14/h1-3,5-6,8-11,13,17-18H,4,7,12H2,(H,22,24)/t17-,18+/m0/s1. The van der Waals surface area contributed by atoms with Crippen molar-refractivity contribution in [3.05, 3.63) is 72.1 Å². The number of nitrogens with one attached hydrogen (secondary N) is 1. The molecule has 1 amide bonds. The topological polar surface area (TPSA) is 77.2 Å². The first-order valence-corrected chi connectivity index (χ1v) is 8.65. The van der Waals surface area contributed by atoms with Crippen molar-refractivity contribution in [1.29, 1.82) is 0 Å². The van der Waals surface area contributed by atoms with Gasteiger partial charge in [-0.25, -0.2) is 0 Å². The van der Waals surface area contributed by atoms with Crippen molar-refractivity contribution in [2.24, 2.45) is 0 Å². The Labute approximate surface area is 151 Å². The van der Waals surface area contributed by atoms with Gasteiger partial charge in [0.05, 0.1) is 12.1 Å². The van der Waals surface area contributed by atoms with Crippen LogP contribution in [-0.4, -0.2) is 28.8 Å². The van der Waals surface area contributed by atoms with Crippen molar-refractivity contribution in [3.8, 4) is 11.4 Å². The van der Waals surface area contributed by atoms with E-state index in [0.29, 0.717) is 11.4 Å². The fourth-order valence-electron chi connectivity index (χ4n) is 3.21. The maximum absolute atomic E-state index is 12.8. The number of carbonyl (C=O) groups is 1. The highest BCUT2D eigenvalue weighted by Gasteiger charge is 2.28. The van der Waals surface area contributed by atoms with Crippen molar-refractivity contribution in [2.45, 2.75) is 25.0 Å². The summed E-state index contributed by atoms with van der Waals surface area (Å²) in [5.41, 5.74) is 2.43. The van der Waals surface area contributed by atoms with Gasteiger partial charge in [-0.2, -0.15) is 4.98 Å². The molecule has 26 heavy (non-hydrogen) atoms. The van der Waals surface area contributed by atoms with E-state index < -0.39 is 0 Å². The van der Waals surface area contributed by atoms with Crippen LogP contribution in [0.5, 0.6) is 0 Å². The van der Waals surface area contributed by atoms with E-state index in [1.165, 1.54) is 6.39 Å². The molecule has 6 heteroatoms. The van der Waals surface area contributed by atoms with E-state index in [-0.39, 0.29) is 18.1 Å². The first kappa shape index (κ1) is 16.5. The number of benzene rings is 2. The highest BCUT2D eigenvalue weighted by molar-refractivity contribution is 5.94. The molecule has 1 aromatic heterocycles. The van der Waals surface area contributed by atoms with Gasteiger partial charge in [0.1, 0.15) is 0 Å². The lowest BCUT2D eigenvalue weighted by atomic mass is 9.98. The van der Waals surface area contributed by atoms with Gasteiger partial charge in [0.15, 0.2) is 0 Å². The van der Waals surface area contributed by atoms with Crippen LogP contribution in [0.1, 0.15) is 34.8 Å². The zero-order chi connectivity index (χ0) is 17.8. The minimum atomic E-state index is -0.164. The molecule has 0 unspecified atom stereocenters. The van der Waals surface area contributed by atoms with E-state index in [1.807, 2.05) is 42.5 Å². The van der Waals surface area contributed by atoms with Crippen molar-refractivity contribution in [2.75, 3.05) is 6.61 Å². The molecule has 2 atom stereocenters. The molecule has 1 aliphatic rings.